The molecule has 34 heavy (non-hydrogen) atoms. The summed E-state index contributed by atoms with van der Waals surface area (Å²) >= 11 is 12.1. The van der Waals surface area contributed by atoms with Gasteiger partial charge in [-0.05, 0) is 31.5 Å². The summed E-state index contributed by atoms with van der Waals surface area (Å²) in [5.41, 5.74) is 0.938. The van der Waals surface area contributed by atoms with E-state index in [1.54, 1.807) is 12.2 Å². The average Bonchev–Trinajstić information content (AvgIpc) is 2.79. The number of phenolic OH excluding ortho intramolecular Hbond substituents is 1. The van der Waals surface area contributed by atoms with Gasteiger partial charge in [-0.15, -0.1) is 0 Å². The van der Waals surface area contributed by atoms with Crippen molar-refractivity contribution in [2.75, 3.05) is 18.4 Å². The number of carboxylic acids is 1. The molecule has 0 aliphatic heterocycles. The number of hydrogen-bond acceptors (Lipinski definition) is 6. The Morgan fingerprint density at radius 1 is 1.26 bits per heavy atom. The SMILES string of the molecule is C=C/C=C\C=C(/C)CCNC(=O)c1cc(Oc2c(Cl)c(F)nc(NCC(=O)O)c2Cl)ccc1O. The van der Waals surface area contributed by atoms with Crippen molar-refractivity contribution in [3.63, 3.8) is 0 Å². The summed E-state index contributed by atoms with van der Waals surface area (Å²) in [5, 5.41) is 23.1. The topological polar surface area (TPSA) is 121 Å². The number of aliphatic carboxylic acids is 1. The van der Waals surface area contributed by atoms with Crippen molar-refractivity contribution in [2.45, 2.75) is 13.3 Å². The Hall–Kier alpha value is -3.56. The van der Waals surface area contributed by atoms with Gasteiger partial charge in [-0.25, -0.2) is 0 Å². The molecule has 1 aromatic carbocycles. The highest BCUT2D eigenvalue weighted by Gasteiger charge is 2.21. The van der Waals surface area contributed by atoms with Crippen molar-refractivity contribution in [1.29, 1.82) is 0 Å². The number of phenols is 1. The average molecular weight is 510 g/mol. The van der Waals surface area contributed by atoms with Crippen molar-refractivity contribution in [3.8, 4) is 17.2 Å². The summed E-state index contributed by atoms with van der Waals surface area (Å²) in [6.07, 6.45) is 7.73. The Morgan fingerprint density at radius 3 is 2.68 bits per heavy atom. The van der Waals surface area contributed by atoms with Gasteiger partial charge in [0, 0.05) is 6.54 Å². The molecule has 0 radical (unpaired) electrons. The Labute approximate surface area is 205 Å². The molecule has 0 unspecified atom stereocenters. The van der Waals surface area contributed by atoms with Gasteiger partial charge in [-0.3, -0.25) is 9.59 Å². The predicted molar refractivity (Wildman–Crippen MR) is 129 cm³/mol. The predicted octanol–water partition coefficient (Wildman–Crippen LogP) is 5.33. The maximum absolute atomic E-state index is 14.1. The van der Waals surface area contributed by atoms with Crippen LogP contribution < -0.4 is 15.4 Å². The molecule has 2 aromatic rings. The zero-order valence-electron chi connectivity index (χ0n) is 18.1. The van der Waals surface area contributed by atoms with E-state index < -0.39 is 29.4 Å². The van der Waals surface area contributed by atoms with E-state index in [0.717, 1.165) is 5.57 Å². The standard InChI is InChI=1S/C23H22Cl2FN3O5/c1-3-4-5-6-13(2)9-10-27-23(33)15-11-14(7-8-16(15)30)34-20-18(24)21(26)29-22(19(20)25)28-12-17(31)32/h3-8,11,30H,1,9-10,12H2,2H3,(H,27,33)(H,28,29)(H,31,32)/b5-4-,13-6+. The van der Waals surface area contributed by atoms with Crippen LogP contribution in [0.3, 0.4) is 0 Å². The van der Waals surface area contributed by atoms with Crippen LogP contribution in [-0.2, 0) is 4.79 Å². The van der Waals surface area contributed by atoms with Crippen LogP contribution in [0.15, 0.2) is 54.7 Å². The highest BCUT2D eigenvalue weighted by Crippen LogP contribution is 2.41. The Kier molecular flexibility index (Phi) is 9.91. The summed E-state index contributed by atoms with van der Waals surface area (Å²) in [4.78, 5) is 26.8. The first-order chi connectivity index (χ1) is 16.1. The number of halogens is 3. The second kappa shape index (κ2) is 12.6. The lowest BCUT2D eigenvalue weighted by Crippen LogP contribution is -2.24. The van der Waals surface area contributed by atoms with Gasteiger partial charge in [-0.1, -0.05) is 59.7 Å². The molecule has 4 N–H and O–H groups in total. The molecule has 180 valence electrons. The third-order valence-corrected chi connectivity index (χ3v) is 4.95. The first-order valence-electron chi connectivity index (χ1n) is 9.88. The van der Waals surface area contributed by atoms with Gasteiger partial charge < -0.3 is 25.6 Å². The van der Waals surface area contributed by atoms with Crippen LogP contribution >= 0.6 is 23.2 Å². The molecular weight excluding hydrogens is 488 g/mol. The van der Waals surface area contributed by atoms with Crippen molar-refractivity contribution in [3.05, 3.63) is 76.2 Å². The quantitative estimate of drug-likeness (QED) is 0.238. The van der Waals surface area contributed by atoms with E-state index in [9.17, 15) is 19.1 Å². The van der Waals surface area contributed by atoms with Crippen molar-refractivity contribution in [2.24, 2.45) is 0 Å². The van der Waals surface area contributed by atoms with E-state index in [4.69, 9.17) is 33.0 Å². The number of hydrogen-bond donors (Lipinski definition) is 4. The van der Waals surface area contributed by atoms with E-state index in [1.165, 1.54) is 18.2 Å². The Morgan fingerprint density at radius 2 is 2.00 bits per heavy atom. The number of allylic oxidation sites excluding steroid dienone is 4. The summed E-state index contributed by atoms with van der Waals surface area (Å²) in [5.74, 6) is -3.82. The molecule has 2 rings (SSSR count). The number of ether oxygens (including phenoxy) is 1. The first kappa shape index (κ1) is 26.7. The lowest BCUT2D eigenvalue weighted by atomic mass is 10.1. The molecule has 0 fully saturated rings. The number of rotatable bonds is 11. The molecule has 1 amide bonds. The van der Waals surface area contributed by atoms with Gasteiger partial charge in [-0.2, -0.15) is 9.37 Å². The number of benzene rings is 1. The summed E-state index contributed by atoms with van der Waals surface area (Å²) in [7, 11) is 0. The third-order valence-electron chi connectivity index (χ3n) is 4.27. The van der Waals surface area contributed by atoms with Gasteiger partial charge in [0.05, 0.1) is 5.56 Å². The highest BCUT2D eigenvalue weighted by molar-refractivity contribution is 6.38. The molecule has 0 saturated heterocycles. The van der Waals surface area contributed by atoms with Gasteiger partial charge in [0.2, 0.25) is 5.95 Å². The number of carbonyl (C=O) groups excluding carboxylic acids is 1. The zero-order valence-corrected chi connectivity index (χ0v) is 19.6. The van der Waals surface area contributed by atoms with Gasteiger partial charge >= 0.3 is 5.97 Å². The maximum Gasteiger partial charge on any atom is 0.322 e. The number of nitrogens with one attached hydrogen (secondary N) is 2. The van der Waals surface area contributed by atoms with E-state index in [1.807, 2.05) is 19.1 Å². The second-order valence-corrected chi connectivity index (χ2v) is 7.63. The van der Waals surface area contributed by atoms with Crippen molar-refractivity contribution < 1.29 is 28.9 Å². The van der Waals surface area contributed by atoms with Crippen LogP contribution in [0, 0.1) is 5.95 Å². The van der Waals surface area contributed by atoms with Crippen molar-refractivity contribution >= 4 is 40.9 Å². The summed E-state index contributed by atoms with van der Waals surface area (Å²) in [6.45, 7) is 5.24. The van der Waals surface area contributed by atoms with E-state index in [0.29, 0.717) is 13.0 Å². The summed E-state index contributed by atoms with van der Waals surface area (Å²) < 4.78 is 19.7. The Balaban J connectivity index is 2.19. The van der Waals surface area contributed by atoms with E-state index in [-0.39, 0.29) is 33.7 Å². The molecule has 0 aliphatic rings. The number of amides is 1. The minimum atomic E-state index is -1.22. The number of pyridine rings is 1. The van der Waals surface area contributed by atoms with E-state index in [2.05, 4.69) is 22.2 Å². The van der Waals surface area contributed by atoms with Crippen molar-refractivity contribution in [1.82, 2.24) is 10.3 Å². The molecule has 0 atom stereocenters. The molecule has 1 heterocycles. The molecule has 11 heteroatoms. The minimum Gasteiger partial charge on any atom is -0.507 e. The normalized spacial score (nSPS) is 11.4. The second-order valence-electron chi connectivity index (χ2n) is 6.88. The lowest BCUT2D eigenvalue weighted by molar-refractivity contribution is -0.134. The number of aromatic hydroxyl groups is 1. The first-order valence-corrected chi connectivity index (χ1v) is 10.6. The fraction of sp³-hybridized carbons (Fsp3) is 0.174. The van der Waals surface area contributed by atoms with Gasteiger partial charge in [0.25, 0.3) is 5.91 Å². The van der Waals surface area contributed by atoms with Crippen LogP contribution in [0.2, 0.25) is 10.0 Å². The molecule has 0 bridgehead atoms. The molecule has 8 nitrogen and oxygen atoms in total. The fourth-order valence-corrected chi connectivity index (χ4v) is 3.05. The summed E-state index contributed by atoms with van der Waals surface area (Å²) in [6, 6.07) is 3.77. The van der Waals surface area contributed by atoms with Gasteiger partial charge in [0.15, 0.2) is 11.6 Å². The number of nitrogens with zero attached hydrogens (tertiary/aromatic N) is 1. The van der Waals surface area contributed by atoms with Gasteiger partial charge in [0.1, 0.15) is 28.1 Å². The smallest absolute Gasteiger partial charge is 0.322 e. The van der Waals surface area contributed by atoms with Crippen LogP contribution in [0.5, 0.6) is 17.2 Å². The van der Waals surface area contributed by atoms with Crippen LogP contribution in [0.1, 0.15) is 23.7 Å². The maximum atomic E-state index is 14.1. The highest BCUT2D eigenvalue weighted by atomic mass is 35.5. The number of anilines is 1. The molecule has 1 aromatic heterocycles. The lowest BCUT2D eigenvalue weighted by Gasteiger charge is -2.14. The Bertz CT molecular complexity index is 1150. The number of aromatic nitrogens is 1. The number of carboxylic acid groups (broad SMARTS) is 1. The zero-order chi connectivity index (χ0) is 25.3. The largest absolute Gasteiger partial charge is 0.507 e. The molecule has 0 spiro atoms. The molecular formula is C23H22Cl2FN3O5. The monoisotopic (exact) mass is 509 g/mol. The third kappa shape index (κ3) is 7.50. The minimum absolute atomic E-state index is 0.0205. The molecule has 0 saturated carbocycles. The van der Waals surface area contributed by atoms with Crippen LogP contribution in [0.4, 0.5) is 10.2 Å². The fourth-order valence-electron chi connectivity index (χ4n) is 2.59. The number of carbonyl (C=O) groups is 2. The van der Waals surface area contributed by atoms with E-state index >= 15 is 0 Å². The molecule has 0 aliphatic carbocycles. The van der Waals surface area contributed by atoms with Crippen LogP contribution in [0.25, 0.3) is 0 Å². The van der Waals surface area contributed by atoms with Crippen LogP contribution in [-0.4, -0.2) is 40.2 Å².